The van der Waals surface area contributed by atoms with Gasteiger partial charge in [-0.1, -0.05) is 35.9 Å². The van der Waals surface area contributed by atoms with Crippen molar-refractivity contribution < 1.29 is 4.79 Å². The predicted molar refractivity (Wildman–Crippen MR) is 78.2 cm³/mol. The van der Waals surface area contributed by atoms with Crippen molar-refractivity contribution in [3.05, 3.63) is 60.0 Å². The van der Waals surface area contributed by atoms with Crippen LogP contribution in [0, 0.1) is 6.92 Å². The molecule has 0 saturated heterocycles. The van der Waals surface area contributed by atoms with E-state index in [1.54, 1.807) is 12.3 Å². The summed E-state index contributed by atoms with van der Waals surface area (Å²) in [5, 5.41) is 2.31. The summed E-state index contributed by atoms with van der Waals surface area (Å²) in [5.41, 5.74) is 8.06. The summed E-state index contributed by atoms with van der Waals surface area (Å²) >= 11 is 0. The van der Waals surface area contributed by atoms with Crippen LogP contribution in [0.15, 0.2) is 48.7 Å². The van der Waals surface area contributed by atoms with Crippen molar-refractivity contribution in [2.45, 2.75) is 6.92 Å². The molecule has 0 atom stereocenters. The van der Waals surface area contributed by atoms with Gasteiger partial charge in [0.1, 0.15) is 0 Å². The molecule has 3 rings (SSSR count). The topological polar surface area (TPSA) is 68.9 Å². The first-order valence-electron chi connectivity index (χ1n) is 6.27. The second-order valence-corrected chi connectivity index (χ2v) is 4.70. The molecule has 1 heterocycles. The van der Waals surface area contributed by atoms with Crippen LogP contribution < -0.4 is 5.73 Å². The van der Waals surface area contributed by atoms with E-state index in [0.29, 0.717) is 5.69 Å². The fourth-order valence-corrected chi connectivity index (χ4v) is 2.16. The number of carbonyl (C=O) groups excluding carboxylic acids is 1. The zero-order chi connectivity index (χ0) is 14.1. The zero-order valence-electron chi connectivity index (χ0n) is 11.0. The molecule has 1 aromatic heterocycles. The lowest BCUT2D eigenvalue weighted by Gasteiger charge is -2.05. The minimum absolute atomic E-state index is 0.0338. The van der Waals surface area contributed by atoms with E-state index in [9.17, 15) is 4.79 Å². The van der Waals surface area contributed by atoms with Gasteiger partial charge in [0.25, 0.3) is 5.91 Å². The Labute approximate surface area is 116 Å². The first-order valence-corrected chi connectivity index (χ1v) is 6.27. The van der Waals surface area contributed by atoms with Crippen LogP contribution in [0.1, 0.15) is 16.2 Å². The summed E-state index contributed by atoms with van der Waals surface area (Å²) in [6, 6.07) is 14.1. The number of benzene rings is 2. The Bertz CT molecular complexity index is 812. The molecule has 0 unspecified atom stereocenters. The van der Waals surface area contributed by atoms with Gasteiger partial charge in [0.05, 0.1) is 5.69 Å². The van der Waals surface area contributed by atoms with Gasteiger partial charge in [-0.05, 0) is 29.8 Å². The number of nitrogens with zero attached hydrogens (tertiary/aromatic N) is 2. The SMILES string of the molecule is Cc1ccc2cc(-c3ccnc(C(N)=O)n3)ccc2c1. The monoisotopic (exact) mass is 263 g/mol. The molecule has 2 N–H and O–H groups in total. The van der Waals surface area contributed by atoms with Gasteiger partial charge in [0.2, 0.25) is 5.82 Å². The molecule has 2 aromatic carbocycles. The van der Waals surface area contributed by atoms with Crippen LogP contribution in [-0.4, -0.2) is 15.9 Å². The lowest BCUT2D eigenvalue weighted by Crippen LogP contribution is -2.15. The van der Waals surface area contributed by atoms with Crippen LogP contribution >= 0.6 is 0 Å². The molecule has 0 aliphatic rings. The molecule has 98 valence electrons. The number of primary amides is 1. The van der Waals surface area contributed by atoms with Crippen LogP contribution in [0.25, 0.3) is 22.0 Å². The second kappa shape index (κ2) is 4.74. The third-order valence-corrected chi connectivity index (χ3v) is 3.17. The molecule has 20 heavy (non-hydrogen) atoms. The largest absolute Gasteiger partial charge is 0.363 e. The minimum Gasteiger partial charge on any atom is -0.363 e. The molecular formula is C16H13N3O. The summed E-state index contributed by atoms with van der Waals surface area (Å²) < 4.78 is 0. The third-order valence-electron chi connectivity index (χ3n) is 3.17. The number of nitrogens with two attached hydrogens (primary N) is 1. The van der Waals surface area contributed by atoms with E-state index in [-0.39, 0.29) is 5.82 Å². The van der Waals surface area contributed by atoms with Crippen molar-refractivity contribution in [1.29, 1.82) is 0 Å². The highest BCUT2D eigenvalue weighted by Crippen LogP contribution is 2.23. The maximum absolute atomic E-state index is 11.1. The highest BCUT2D eigenvalue weighted by atomic mass is 16.1. The summed E-state index contributed by atoms with van der Waals surface area (Å²) in [4.78, 5) is 19.2. The normalized spacial score (nSPS) is 10.7. The molecule has 0 bridgehead atoms. The number of amides is 1. The molecule has 0 spiro atoms. The van der Waals surface area contributed by atoms with Crippen molar-refractivity contribution in [2.75, 3.05) is 0 Å². The fourth-order valence-electron chi connectivity index (χ4n) is 2.16. The van der Waals surface area contributed by atoms with E-state index in [2.05, 4.69) is 35.1 Å². The van der Waals surface area contributed by atoms with Gasteiger partial charge >= 0.3 is 0 Å². The molecule has 3 aromatic rings. The van der Waals surface area contributed by atoms with Gasteiger partial charge in [-0.15, -0.1) is 0 Å². The number of aromatic nitrogens is 2. The lowest BCUT2D eigenvalue weighted by molar-refractivity contribution is 0.0990. The molecule has 0 radical (unpaired) electrons. The maximum Gasteiger partial charge on any atom is 0.286 e. The van der Waals surface area contributed by atoms with E-state index >= 15 is 0 Å². The fraction of sp³-hybridized carbons (Fsp3) is 0.0625. The van der Waals surface area contributed by atoms with Crippen molar-refractivity contribution >= 4 is 16.7 Å². The van der Waals surface area contributed by atoms with Gasteiger partial charge in [0, 0.05) is 11.8 Å². The summed E-state index contributed by atoms with van der Waals surface area (Å²) in [6.07, 6.45) is 1.54. The van der Waals surface area contributed by atoms with Gasteiger partial charge in [-0.3, -0.25) is 4.79 Å². The standard InChI is InChI=1S/C16H13N3O/c1-10-2-3-12-9-13(5-4-11(12)8-10)14-6-7-18-16(19-14)15(17)20/h2-9H,1H3,(H2,17,20). The number of aryl methyl sites for hydroxylation is 1. The number of fused-ring (bicyclic) bond motifs is 1. The predicted octanol–water partition coefficient (Wildman–Crippen LogP) is 2.70. The van der Waals surface area contributed by atoms with Crippen LogP contribution in [0.5, 0.6) is 0 Å². The lowest BCUT2D eigenvalue weighted by atomic mass is 10.0. The van der Waals surface area contributed by atoms with Crippen molar-refractivity contribution in [2.24, 2.45) is 5.73 Å². The molecule has 0 fully saturated rings. The Morgan fingerprint density at radius 3 is 2.60 bits per heavy atom. The quantitative estimate of drug-likeness (QED) is 0.772. The summed E-state index contributed by atoms with van der Waals surface area (Å²) in [6.45, 7) is 2.07. The van der Waals surface area contributed by atoms with Crippen molar-refractivity contribution in [3.63, 3.8) is 0 Å². The van der Waals surface area contributed by atoms with E-state index in [4.69, 9.17) is 5.73 Å². The van der Waals surface area contributed by atoms with E-state index in [1.165, 1.54) is 10.9 Å². The Morgan fingerprint density at radius 2 is 1.80 bits per heavy atom. The molecule has 0 aliphatic carbocycles. The van der Waals surface area contributed by atoms with Gasteiger partial charge in [0.15, 0.2) is 0 Å². The average Bonchev–Trinajstić information content (AvgIpc) is 2.47. The smallest absolute Gasteiger partial charge is 0.286 e. The Morgan fingerprint density at radius 1 is 1.05 bits per heavy atom. The number of hydrogen-bond donors (Lipinski definition) is 1. The molecule has 4 nitrogen and oxygen atoms in total. The number of hydrogen-bond acceptors (Lipinski definition) is 3. The van der Waals surface area contributed by atoms with E-state index < -0.39 is 5.91 Å². The van der Waals surface area contributed by atoms with Crippen LogP contribution in [0.4, 0.5) is 0 Å². The molecule has 0 aliphatic heterocycles. The first-order chi connectivity index (χ1) is 9.63. The highest BCUT2D eigenvalue weighted by Gasteiger charge is 2.07. The van der Waals surface area contributed by atoms with Crippen molar-refractivity contribution in [1.82, 2.24) is 9.97 Å². The first kappa shape index (κ1) is 12.3. The Balaban J connectivity index is 2.12. The summed E-state index contributed by atoms with van der Waals surface area (Å²) in [7, 11) is 0. The van der Waals surface area contributed by atoms with E-state index in [1.807, 2.05) is 18.2 Å². The van der Waals surface area contributed by atoms with Crippen LogP contribution in [0.3, 0.4) is 0 Å². The highest BCUT2D eigenvalue weighted by molar-refractivity contribution is 5.90. The van der Waals surface area contributed by atoms with Gasteiger partial charge in [-0.2, -0.15) is 0 Å². The maximum atomic E-state index is 11.1. The van der Waals surface area contributed by atoms with Gasteiger partial charge in [-0.25, -0.2) is 9.97 Å². The summed E-state index contributed by atoms with van der Waals surface area (Å²) in [5.74, 6) is -0.588. The number of carbonyl (C=O) groups is 1. The van der Waals surface area contributed by atoms with Crippen LogP contribution in [-0.2, 0) is 0 Å². The minimum atomic E-state index is -0.622. The second-order valence-electron chi connectivity index (χ2n) is 4.70. The zero-order valence-corrected chi connectivity index (χ0v) is 11.0. The third kappa shape index (κ3) is 2.23. The average molecular weight is 263 g/mol. The Kier molecular flexibility index (Phi) is 2.91. The molecular weight excluding hydrogens is 250 g/mol. The van der Waals surface area contributed by atoms with E-state index in [0.717, 1.165) is 10.9 Å². The Hall–Kier alpha value is -2.75. The van der Waals surface area contributed by atoms with Crippen LogP contribution in [0.2, 0.25) is 0 Å². The molecule has 4 heteroatoms. The number of rotatable bonds is 2. The molecule has 0 saturated carbocycles. The molecule has 1 amide bonds. The van der Waals surface area contributed by atoms with Gasteiger partial charge < -0.3 is 5.73 Å². The van der Waals surface area contributed by atoms with Crippen molar-refractivity contribution in [3.8, 4) is 11.3 Å².